The number of nitrogens with zero attached hydrogens (tertiary/aromatic N) is 2. The molecule has 0 spiro atoms. The molecule has 1 heterocycles. The second-order valence-corrected chi connectivity index (χ2v) is 4.77. The summed E-state index contributed by atoms with van der Waals surface area (Å²) in [7, 11) is 1.88. The predicted molar refractivity (Wildman–Crippen MR) is 86.0 cm³/mol. The number of alkyl halides is 1. The predicted octanol–water partition coefficient (Wildman–Crippen LogP) is 3.69. The fourth-order valence-electron chi connectivity index (χ4n) is 2.18. The third-order valence-corrected chi connectivity index (χ3v) is 3.33. The first-order valence-corrected chi connectivity index (χ1v) is 7.04. The van der Waals surface area contributed by atoms with Crippen LogP contribution in [-0.4, -0.2) is 30.3 Å². The minimum atomic E-state index is -0.509. The zero-order valence-electron chi connectivity index (χ0n) is 12.2. The Morgan fingerprint density at radius 2 is 1.91 bits per heavy atom. The van der Waals surface area contributed by atoms with Gasteiger partial charge in [-0.15, -0.1) is 0 Å². The highest BCUT2D eigenvalue weighted by Crippen LogP contribution is 2.23. The molecule has 22 heavy (non-hydrogen) atoms. The third kappa shape index (κ3) is 2.98. The molecule has 0 unspecified atom stereocenters. The average molecular weight is 296 g/mol. The minimum absolute atomic E-state index is 0.0504. The number of aromatic nitrogens is 2. The molecule has 0 aliphatic carbocycles. The van der Waals surface area contributed by atoms with Crippen molar-refractivity contribution in [3.8, 4) is 17.0 Å². The van der Waals surface area contributed by atoms with Gasteiger partial charge in [-0.25, -0.2) is 9.37 Å². The van der Waals surface area contributed by atoms with E-state index in [-0.39, 0.29) is 6.61 Å². The van der Waals surface area contributed by atoms with Crippen LogP contribution in [0.3, 0.4) is 0 Å². The zero-order chi connectivity index (χ0) is 15.4. The standard InChI is InChI=1S/C17H16FN3O/c1-19-13-4-2-12(3-5-13)17-11-20-16-10-14(22-9-8-18)6-7-15(16)21-17/h2-7,10-11,19H,8-9H2,1H3/i18-1. The quantitative estimate of drug-likeness (QED) is 0.780. The van der Waals surface area contributed by atoms with E-state index in [1.807, 2.05) is 37.4 Å². The van der Waals surface area contributed by atoms with Gasteiger partial charge < -0.3 is 10.1 Å². The smallest absolute Gasteiger partial charge is 0.123 e. The lowest BCUT2D eigenvalue weighted by molar-refractivity contribution is 0.273. The van der Waals surface area contributed by atoms with Gasteiger partial charge in [0.2, 0.25) is 0 Å². The molecule has 112 valence electrons. The summed E-state index contributed by atoms with van der Waals surface area (Å²) in [5.74, 6) is 0.602. The maximum atomic E-state index is 12.1. The number of halogens is 1. The Balaban J connectivity index is 1.91. The van der Waals surface area contributed by atoms with Crippen molar-refractivity contribution >= 4 is 16.7 Å². The first-order chi connectivity index (χ1) is 10.8. The van der Waals surface area contributed by atoms with Gasteiger partial charge >= 0.3 is 0 Å². The van der Waals surface area contributed by atoms with Crippen molar-refractivity contribution in [2.75, 3.05) is 25.6 Å². The van der Waals surface area contributed by atoms with Crippen molar-refractivity contribution in [2.24, 2.45) is 0 Å². The molecule has 0 bridgehead atoms. The normalized spacial score (nSPS) is 10.6. The summed E-state index contributed by atoms with van der Waals surface area (Å²) in [4.78, 5) is 9.03. The van der Waals surface area contributed by atoms with E-state index in [9.17, 15) is 4.39 Å². The van der Waals surface area contributed by atoms with Crippen molar-refractivity contribution in [1.29, 1.82) is 0 Å². The summed E-state index contributed by atoms with van der Waals surface area (Å²) >= 11 is 0. The second kappa shape index (κ2) is 6.39. The molecule has 0 radical (unpaired) electrons. The van der Waals surface area contributed by atoms with E-state index in [4.69, 9.17) is 4.74 Å². The van der Waals surface area contributed by atoms with Crippen molar-refractivity contribution in [1.82, 2.24) is 9.97 Å². The number of hydrogen-bond acceptors (Lipinski definition) is 4. The summed E-state index contributed by atoms with van der Waals surface area (Å²) in [6.45, 7) is -0.458. The molecule has 4 nitrogen and oxygen atoms in total. The van der Waals surface area contributed by atoms with Crippen LogP contribution in [0, 0.1) is 0 Å². The Morgan fingerprint density at radius 1 is 1.09 bits per heavy atom. The summed E-state index contributed by atoms with van der Waals surface area (Å²) in [5, 5.41) is 3.08. The minimum Gasteiger partial charge on any atom is -0.491 e. The molecule has 5 heteroatoms. The van der Waals surface area contributed by atoms with Crippen LogP contribution >= 0.6 is 0 Å². The average Bonchev–Trinajstić information content (AvgIpc) is 2.59. The van der Waals surface area contributed by atoms with Crippen molar-refractivity contribution in [3.63, 3.8) is 0 Å². The van der Waals surface area contributed by atoms with Gasteiger partial charge in [-0.2, -0.15) is 0 Å². The molecular formula is C17H16FN3O. The zero-order valence-corrected chi connectivity index (χ0v) is 12.2. The van der Waals surface area contributed by atoms with Gasteiger partial charge in [0.25, 0.3) is 0 Å². The van der Waals surface area contributed by atoms with Crippen LogP contribution in [-0.2, 0) is 0 Å². The van der Waals surface area contributed by atoms with Crippen LogP contribution in [0.15, 0.2) is 48.7 Å². The maximum Gasteiger partial charge on any atom is 0.123 e. The fraction of sp³-hybridized carbons (Fsp3) is 0.176. The third-order valence-electron chi connectivity index (χ3n) is 3.33. The molecule has 0 aliphatic rings. The first-order valence-electron chi connectivity index (χ1n) is 7.04. The van der Waals surface area contributed by atoms with E-state index in [1.54, 1.807) is 18.3 Å². The SMILES string of the molecule is CNc1ccc(-c2cnc3cc(OCC[18F])ccc3n2)cc1. The number of benzene rings is 2. The molecule has 3 aromatic rings. The Morgan fingerprint density at radius 3 is 2.64 bits per heavy atom. The monoisotopic (exact) mass is 296 g/mol. The number of rotatable bonds is 5. The van der Waals surface area contributed by atoms with Gasteiger partial charge in [-0.3, -0.25) is 4.98 Å². The molecule has 1 N–H and O–H groups in total. The van der Waals surface area contributed by atoms with Gasteiger partial charge in [-0.1, -0.05) is 12.1 Å². The topological polar surface area (TPSA) is 47.0 Å². The lowest BCUT2D eigenvalue weighted by Gasteiger charge is -2.07. The highest BCUT2D eigenvalue weighted by molar-refractivity contribution is 5.78. The molecule has 0 fully saturated rings. The van der Waals surface area contributed by atoms with Crippen LogP contribution < -0.4 is 10.1 Å². The van der Waals surface area contributed by atoms with E-state index in [0.717, 1.165) is 28.0 Å². The molecule has 1 aromatic heterocycles. The van der Waals surface area contributed by atoms with Crippen molar-refractivity contribution < 1.29 is 9.13 Å². The van der Waals surface area contributed by atoms with Crippen LogP contribution in [0.1, 0.15) is 0 Å². The fourth-order valence-corrected chi connectivity index (χ4v) is 2.18. The number of ether oxygens (including phenoxy) is 1. The Hall–Kier alpha value is -2.69. The van der Waals surface area contributed by atoms with Gasteiger partial charge in [0, 0.05) is 24.4 Å². The van der Waals surface area contributed by atoms with Crippen LogP contribution in [0.2, 0.25) is 0 Å². The molecule has 2 aromatic carbocycles. The Labute approximate surface area is 128 Å². The molecule has 0 saturated carbocycles. The maximum absolute atomic E-state index is 12.1. The number of nitrogens with one attached hydrogen (secondary N) is 1. The van der Waals surface area contributed by atoms with Crippen LogP contribution in [0.4, 0.5) is 10.1 Å². The Kier molecular flexibility index (Phi) is 4.14. The number of anilines is 1. The summed E-state index contributed by atoms with van der Waals surface area (Å²) in [6, 6.07) is 13.4. The van der Waals surface area contributed by atoms with Crippen LogP contribution in [0.5, 0.6) is 5.75 Å². The van der Waals surface area contributed by atoms with Crippen molar-refractivity contribution in [3.05, 3.63) is 48.7 Å². The molecule has 3 rings (SSSR count). The summed E-state index contributed by atoms with van der Waals surface area (Å²) in [6.07, 6.45) is 1.73. The van der Waals surface area contributed by atoms with Crippen molar-refractivity contribution in [2.45, 2.75) is 0 Å². The second-order valence-electron chi connectivity index (χ2n) is 4.77. The summed E-state index contributed by atoms with van der Waals surface area (Å²) in [5.41, 5.74) is 4.38. The summed E-state index contributed by atoms with van der Waals surface area (Å²) < 4.78 is 17.4. The highest BCUT2D eigenvalue weighted by atomic mass is 18.2. The molecule has 0 aliphatic heterocycles. The number of fused-ring (bicyclic) bond motifs is 1. The lowest BCUT2D eigenvalue weighted by atomic mass is 10.1. The molecule has 0 saturated heterocycles. The van der Waals surface area contributed by atoms with Crippen LogP contribution in [0.25, 0.3) is 22.3 Å². The van der Waals surface area contributed by atoms with E-state index in [0.29, 0.717) is 5.75 Å². The molecule has 0 atom stereocenters. The van der Waals surface area contributed by atoms with Gasteiger partial charge in [0.1, 0.15) is 19.0 Å². The van der Waals surface area contributed by atoms with Gasteiger partial charge in [-0.05, 0) is 24.3 Å². The number of hydrogen-bond donors (Lipinski definition) is 1. The first kappa shape index (κ1) is 14.3. The van der Waals surface area contributed by atoms with E-state index in [1.165, 1.54) is 0 Å². The van der Waals surface area contributed by atoms with Gasteiger partial charge in [0.05, 0.1) is 22.9 Å². The van der Waals surface area contributed by atoms with E-state index < -0.39 is 6.67 Å². The lowest BCUT2D eigenvalue weighted by Crippen LogP contribution is -1.98. The van der Waals surface area contributed by atoms with E-state index in [2.05, 4.69) is 15.3 Å². The molecular weight excluding hydrogens is 280 g/mol. The van der Waals surface area contributed by atoms with Gasteiger partial charge in [0.15, 0.2) is 0 Å². The highest BCUT2D eigenvalue weighted by Gasteiger charge is 2.04. The van der Waals surface area contributed by atoms with E-state index >= 15 is 0 Å². The molecule has 0 amide bonds. The largest absolute Gasteiger partial charge is 0.491 e. The Bertz CT molecular complexity index is 774.